The molecule has 1 heterocycles. The SMILES string of the molecule is CC1CC1CN(C)c1cc(NN)nc(C(F)(F)F)n1. The lowest BCUT2D eigenvalue weighted by atomic mass is 10.3. The molecule has 0 aromatic carbocycles. The van der Waals surface area contributed by atoms with Crippen LogP contribution in [0.2, 0.25) is 0 Å². The first kappa shape index (κ1) is 13.9. The Morgan fingerprint density at radius 2 is 2.11 bits per heavy atom. The second-order valence-electron chi connectivity index (χ2n) is 4.93. The number of anilines is 2. The van der Waals surface area contributed by atoms with Gasteiger partial charge >= 0.3 is 6.18 Å². The summed E-state index contributed by atoms with van der Waals surface area (Å²) >= 11 is 0. The van der Waals surface area contributed by atoms with Crippen LogP contribution < -0.4 is 16.2 Å². The van der Waals surface area contributed by atoms with Crippen LogP contribution in [0.1, 0.15) is 19.2 Å². The first-order valence-corrected chi connectivity index (χ1v) is 5.95. The zero-order chi connectivity index (χ0) is 14.2. The number of halogens is 3. The number of aromatic nitrogens is 2. The Kier molecular flexibility index (Phi) is 3.53. The zero-order valence-corrected chi connectivity index (χ0v) is 10.7. The topological polar surface area (TPSA) is 67.1 Å². The summed E-state index contributed by atoms with van der Waals surface area (Å²) in [6.07, 6.45) is -3.49. The highest BCUT2D eigenvalue weighted by molar-refractivity contribution is 5.48. The number of nitrogens with two attached hydrogens (primary N) is 1. The fraction of sp³-hybridized carbons (Fsp3) is 0.636. The molecule has 0 saturated heterocycles. The molecule has 2 unspecified atom stereocenters. The fourth-order valence-electron chi connectivity index (χ4n) is 1.93. The van der Waals surface area contributed by atoms with Crippen molar-refractivity contribution in [1.29, 1.82) is 0 Å². The monoisotopic (exact) mass is 275 g/mol. The highest BCUT2D eigenvalue weighted by Crippen LogP contribution is 2.38. The van der Waals surface area contributed by atoms with Gasteiger partial charge in [0.1, 0.15) is 11.6 Å². The minimum atomic E-state index is -4.59. The summed E-state index contributed by atoms with van der Waals surface area (Å²) in [5.41, 5.74) is 2.13. The molecular weight excluding hydrogens is 259 g/mol. The third kappa shape index (κ3) is 3.25. The lowest BCUT2D eigenvalue weighted by Gasteiger charge is -2.19. The van der Waals surface area contributed by atoms with Crippen LogP contribution in [0.25, 0.3) is 0 Å². The number of hydrazine groups is 1. The highest BCUT2D eigenvalue weighted by atomic mass is 19.4. The number of hydrogen-bond donors (Lipinski definition) is 2. The van der Waals surface area contributed by atoms with Crippen LogP contribution in [-0.2, 0) is 6.18 Å². The van der Waals surface area contributed by atoms with Crippen LogP contribution in [0.3, 0.4) is 0 Å². The maximum absolute atomic E-state index is 12.7. The summed E-state index contributed by atoms with van der Waals surface area (Å²) < 4.78 is 38.0. The number of nitrogens with zero attached hydrogens (tertiary/aromatic N) is 3. The first-order valence-electron chi connectivity index (χ1n) is 5.95. The van der Waals surface area contributed by atoms with Crippen LogP contribution >= 0.6 is 0 Å². The van der Waals surface area contributed by atoms with Gasteiger partial charge in [0.15, 0.2) is 0 Å². The Morgan fingerprint density at radius 3 is 2.58 bits per heavy atom. The van der Waals surface area contributed by atoms with Crippen LogP contribution in [0.5, 0.6) is 0 Å². The molecule has 19 heavy (non-hydrogen) atoms. The summed E-state index contributed by atoms with van der Waals surface area (Å²) in [4.78, 5) is 8.57. The normalized spacial score (nSPS) is 22.2. The molecule has 1 aliphatic rings. The van der Waals surface area contributed by atoms with Gasteiger partial charge in [-0.2, -0.15) is 13.2 Å². The van der Waals surface area contributed by atoms with Gasteiger partial charge in [0.05, 0.1) is 0 Å². The third-order valence-electron chi connectivity index (χ3n) is 3.29. The van der Waals surface area contributed by atoms with E-state index in [2.05, 4.69) is 22.3 Å². The first-order chi connectivity index (χ1) is 8.81. The summed E-state index contributed by atoms with van der Waals surface area (Å²) in [6, 6.07) is 1.41. The maximum Gasteiger partial charge on any atom is 0.451 e. The molecule has 106 valence electrons. The summed E-state index contributed by atoms with van der Waals surface area (Å²) in [6.45, 7) is 2.80. The molecule has 1 fully saturated rings. The molecular formula is C11H16F3N5. The highest BCUT2D eigenvalue weighted by Gasteiger charge is 2.37. The van der Waals surface area contributed by atoms with Crippen molar-refractivity contribution in [2.75, 3.05) is 23.9 Å². The molecule has 0 amide bonds. The van der Waals surface area contributed by atoms with Gasteiger partial charge in [0.2, 0.25) is 5.82 Å². The van der Waals surface area contributed by atoms with Gasteiger partial charge in [0, 0.05) is 19.7 Å². The van der Waals surface area contributed by atoms with E-state index >= 15 is 0 Å². The number of hydrogen-bond acceptors (Lipinski definition) is 5. The molecule has 0 bridgehead atoms. The van der Waals surface area contributed by atoms with Crippen LogP contribution in [0, 0.1) is 11.8 Å². The van der Waals surface area contributed by atoms with Crippen molar-refractivity contribution in [3.8, 4) is 0 Å². The Bertz CT molecular complexity index is 462. The van der Waals surface area contributed by atoms with E-state index < -0.39 is 12.0 Å². The van der Waals surface area contributed by atoms with E-state index in [1.165, 1.54) is 6.07 Å². The molecule has 1 aliphatic carbocycles. The van der Waals surface area contributed by atoms with E-state index in [4.69, 9.17) is 5.84 Å². The van der Waals surface area contributed by atoms with Gasteiger partial charge in [-0.15, -0.1) is 0 Å². The van der Waals surface area contributed by atoms with Gasteiger partial charge in [0.25, 0.3) is 0 Å². The van der Waals surface area contributed by atoms with Gasteiger partial charge in [-0.05, 0) is 18.3 Å². The predicted octanol–water partition coefficient (Wildman–Crippen LogP) is 1.87. The lowest BCUT2D eigenvalue weighted by molar-refractivity contribution is -0.144. The Balaban J connectivity index is 2.23. The third-order valence-corrected chi connectivity index (χ3v) is 3.29. The Labute approximate surface area is 109 Å². The van der Waals surface area contributed by atoms with Crippen molar-refractivity contribution in [1.82, 2.24) is 9.97 Å². The van der Waals surface area contributed by atoms with Crippen molar-refractivity contribution < 1.29 is 13.2 Å². The molecule has 2 rings (SSSR count). The molecule has 0 aliphatic heterocycles. The van der Waals surface area contributed by atoms with Crippen LogP contribution in [0.15, 0.2) is 6.07 Å². The molecule has 1 aromatic heterocycles. The largest absolute Gasteiger partial charge is 0.451 e. The minimum Gasteiger partial charge on any atom is -0.359 e. The molecule has 2 atom stereocenters. The van der Waals surface area contributed by atoms with E-state index in [0.717, 1.165) is 6.42 Å². The number of nitrogen functional groups attached to an aromatic ring is 1. The maximum atomic E-state index is 12.7. The molecule has 0 spiro atoms. The van der Waals surface area contributed by atoms with Gasteiger partial charge in [-0.1, -0.05) is 6.92 Å². The number of rotatable bonds is 4. The van der Waals surface area contributed by atoms with Crippen molar-refractivity contribution in [3.05, 3.63) is 11.9 Å². The number of alkyl halides is 3. The molecule has 1 saturated carbocycles. The fourth-order valence-corrected chi connectivity index (χ4v) is 1.93. The summed E-state index contributed by atoms with van der Waals surface area (Å²) in [7, 11) is 1.72. The number of nitrogens with one attached hydrogen (secondary N) is 1. The summed E-state index contributed by atoms with van der Waals surface area (Å²) in [5, 5.41) is 0. The molecule has 1 aromatic rings. The van der Waals surface area contributed by atoms with E-state index in [0.29, 0.717) is 18.4 Å². The van der Waals surface area contributed by atoms with Gasteiger partial charge in [-0.3, -0.25) is 0 Å². The Morgan fingerprint density at radius 1 is 1.47 bits per heavy atom. The van der Waals surface area contributed by atoms with Crippen LogP contribution in [-0.4, -0.2) is 23.6 Å². The van der Waals surface area contributed by atoms with E-state index in [1.54, 1.807) is 11.9 Å². The van der Waals surface area contributed by atoms with Crippen molar-refractivity contribution in [3.63, 3.8) is 0 Å². The quantitative estimate of drug-likeness (QED) is 0.648. The average molecular weight is 275 g/mol. The zero-order valence-electron chi connectivity index (χ0n) is 10.7. The van der Waals surface area contributed by atoms with E-state index in [1.807, 2.05) is 0 Å². The van der Waals surface area contributed by atoms with Crippen molar-refractivity contribution in [2.24, 2.45) is 17.7 Å². The van der Waals surface area contributed by atoms with Crippen LogP contribution in [0.4, 0.5) is 24.8 Å². The van der Waals surface area contributed by atoms with Gasteiger partial charge in [-0.25, -0.2) is 15.8 Å². The van der Waals surface area contributed by atoms with Gasteiger partial charge < -0.3 is 10.3 Å². The molecule has 8 heteroatoms. The minimum absolute atomic E-state index is 0.0481. The second kappa shape index (κ2) is 4.84. The lowest BCUT2D eigenvalue weighted by Crippen LogP contribution is -2.24. The van der Waals surface area contributed by atoms with E-state index in [-0.39, 0.29) is 11.6 Å². The smallest absolute Gasteiger partial charge is 0.359 e. The average Bonchev–Trinajstić information content (AvgIpc) is 3.03. The Hall–Kier alpha value is -1.57. The van der Waals surface area contributed by atoms with Crippen molar-refractivity contribution >= 4 is 11.6 Å². The van der Waals surface area contributed by atoms with E-state index in [9.17, 15) is 13.2 Å². The predicted molar refractivity (Wildman–Crippen MR) is 65.4 cm³/mol. The molecule has 3 N–H and O–H groups in total. The summed E-state index contributed by atoms with van der Waals surface area (Å²) in [5.74, 6) is 5.26. The second-order valence-corrected chi connectivity index (χ2v) is 4.93. The standard InChI is InChI=1S/C11H16F3N5/c1-6-3-7(6)5-19(2)9-4-8(18-15)16-10(17-9)11(12,13)14/h4,6-7H,3,5,15H2,1-2H3,(H,16,17,18). The molecule has 0 radical (unpaired) electrons. The van der Waals surface area contributed by atoms with Crippen molar-refractivity contribution in [2.45, 2.75) is 19.5 Å². The molecule has 5 nitrogen and oxygen atoms in total.